The summed E-state index contributed by atoms with van der Waals surface area (Å²) in [5.74, 6) is -2.24. The first-order valence-corrected chi connectivity index (χ1v) is 15.4. The third-order valence-electron chi connectivity index (χ3n) is 8.60. The smallest absolute Gasteiger partial charge is 0.412 e. The first kappa shape index (κ1) is 31.2. The highest BCUT2D eigenvalue weighted by Gasteiger charge is 2.49. The molecule has 2 aromatic carbocycles. The van der Waals surface area contributed by atoms with Crippen LogP contribution >= 0.6 is 11.6 Å². The molecule has 0 saturated carbocycles. The first-order chi connectivity index (χ1) is 22.2. The Morgan fingerprint density at radius 3 is 2.80 bits per heavy atom. The van der Waals surface area contributed by atoms with Gasteiger partial charge in [0.2, 0.25) is 11.8 Å². The van der Waals surface area contributed by atoms with Gasteiger partial charge in [0, 0.05) is 30.4 Å². The fraction of sp³-hybridized carbons (Fsp3) is 0.324. The number of anilines is 2. The average Bonchev–Trinajstić information content (AvgIpc) is 3.04. The van der Waals surface area contributed by atoms with Gasteiger partial charge in [0.1, 0.15) is 0 Å². The number of esters is 1. The van der Waals surface area contributed by atoms with Gasteiger partial charge in [0.25, 0.3) is 0 Å². The maximum atomic E-state index is 15.5. The molecule has 46 heavy (non-hydrogen) atoms. The molecule has 2 bridgehead atoms. The van der Waals surface area contributed by atoms with Gasteiger partial charge in [0.15, 0.2) is 11.4 Å². The fourth-order valence-corrected chi connectivity index (χ4v) is 6.57. The fourth-order valence-electron chi connectivity index (χ4n) is 6.41. The summed E-state index contributed by atoms with van der Waals surface area (Å²) in [7, 11) is 1.32. The number of allylic oxidation sites excluding steroid dienone is 2. The minimum Gasteiger partial charge on any atom is -0.469 e. The number of carbonyl (C=O) groups excluding carboxylic acids is 4. The van der Waals surface area contributed by atoms with E-state index in [4.69, 9.17) is 21.1 Å². The van der Waals surface area contributed by atoms with Crippen LogP contribution in [0.5, 0.6) is 0 Å². The number of fused-ring (bicyclic) bond motifs is 6. The number of hydrogen-bond donors (Lipinski definition) is 2. The number of amides is 3. The highest BCUT2D eigenvalue weighted by molar-refractivity contribution is 6.31. The maximum absolute atomic E-state index is 15.5. The molecule has 2 N–H and O–H groups in total. The van der Waals surface area contributed by atoms with Crippen LogP contribution in [0, 0.1) is 5.82 Å². The van der Waals surface area contributed by atoms with E-state index in [1.54, 1.807) is 29.3 Å². The van der Waals surface area contributed by atoms with Gasteiger partial charge in [-0.2, -0.15) is 0 Å². The number of methoxy groups -OCH3 is 1. The summed E-state index contributed by atoms with van der Waals surface area (Å²) < 4.78 is 26.0. The number of likely N-dealkylation sites (tertiary alicyclic amines) is 1. The van der Waals surface area contributed by atoms with E-state index in [0.717, 1.165) is 5.56 Å². The summed E-state index contributed by atoms with van der Waals surface area (Å²) in [6, 6.07) is 11.9. The van der Waals surface area contributed by atoms with E-state index in [0.29, 0.717) is 54.7 Å². The second kappa shape index (κ2) is 12.9. The van der Waals surface area contributed by atoms with Gasteiger partial charge >= 0.3 is 12.1 Å². The van der Waals surface area contributed by atoms with Crippen molar-refractivity contribution >= 4 is 46.9 Å². The van der Waals surface area contributed by atoms with Crippen LogP contribution in [-0.2, 0) is 35.9 Å². The van der Waals surface area contributed by atoms with Gasteiger partial charge in [0.05, 0.1) is 48.0 Å². The quantitative estimate of drug-likeness (QED) is 0.260. The summed E-state index contributed by atoms with van der Waals surface area (Å²) >= 11 is 6.14. The Kier molecular flexibility index (Phi) is 8.77. The molecule has 238 valence electrons. The predicted octanol–water partition coefficient (Wildman–Crippen LogP) is 6.10. The van der Waals surface area contributed by atoms with Crippen molar-refractivity contribution in [3.63, 3.8) is 0 Å². The van der Waals surface area contributed by atoms with Gasteiger partial charge < -0.3 is 19.7 Å². The minimum absolute atomic E-state index is 0.0455. The molecule has 0 unspecified atom stereocenters. The van der Waals surface area contributed by atoms with Gasteiger partial charge in [-0.1, -0.05) is 35.9 Å². The summed E-state index contributed by atoms with van der Waals surface area (Å²) in [6.07, 6.45) is 6.42. The molecule has 2 atom stereocenters. The molecule has 12 heteroatoms. The standard InChI is InChI=1S/C34H32ClFN4O6/c1-45-29(42)17-20-8-9-22-21-12-14-37-26(18-21)23(6-3-2-4-7-28(41)38-27(22)16-20)32(43)40-15-5-13-34(19-40)30-25(39-33(44)46-34)11-10-24(35)31(30)36/h2-3,8-12,14,16,18,23H,4-7,13,15,17,19H2,1H3,(H,38,41)(H,39,44)/b3-2-/t23-,34+/m1/s1. The number of pyridine rings is 1. The second-order valence-electron chi connectivity index (χ2n) is 11.6. The summed E-state index contributed by atoms with van der Waals surface area (Å²) in [6.45, 7) is 0.334. The van der Waals surface area contributed by atoms with Crippen molar-refractivity contribution in [2.45, 2.75) is 50.0 Å². The lowest BCUT2D eigenvalue weighted by Gasteiger charge is -2.45. The molecule has 6 rings (SSSR count). The molecule has 3 aliphatic rings. The number of ether oxygens (including phenoxy) is 2. The Morgan fingerprint density at radius 1 is 1.13 bits per heavy atom. The first-order valence-electron chi connectivity index (χ1n) is 15.1. The van der Waals surface area contributed by atoms with E-state index in [-0.39, 0.29) is 47.5 Å². The molecular weight excluding hydrogens is 615 g/mol. The summed E-state index contributed by atoms with van der Waals surface area (Å²) in [5, 5.41) is 5.42. The Hall–Kier alpha value is -4.77. The van der Waals surface area contributed by atoms with Crippen LogP contribution in [0.15, 0.2) is 60.8 Å². The van der Waals surface area contributed by atoms with Crippen LogP contribution in [0.2, 0.25) is 5.02 Å². The number of piperidine rings is 1. The van der Waals surface area contributed by atoms with Crippen molar-refractivity contribution in [2.75, 3.05) is 30.8 Å². The number of halogens is 2. The Bertz CT molecular complexity index is 1760. The molecule has 3 aliphatic heterocycles. The molecular formula is C34H32ClFN4O6. The number of benzene rings is 2. The normalized spacial score (nSPS) is 21.6. The average molecular weight is 647 g/mol. The van der Waals surface area contributed by atoms with Gasteiger partial charge in [-0.25, -0.2) is 9.18 Å². The third-order valence-corrected chi connectivity index (χ3v) is 8.89. The van der Waals surface area contributed by atoms with Crippen molar-refractivity contribution in [3.05, 3.63) is 88.5 Å². The van der Waals surface area contributed by atoms with Crippen molar-refractivity contribution in [2.24, 2.45) is 0 Å². The molecule has 1 saturated heterocycles. The number of aromatic nitrogens is 1. The monoisotopic (exact) mass is 646 g/mol. The van der Waals surface area contributed by atoms with Crippen molar-refractivity contribution in [3.8, 4) is 11.1 Å². The molecule has 3 amide bonds. The summed E-state index contributed by atoms with van der Waals surface area (Å²) in [5.41, 5.74) is 2.14. The van der Waals surface area contributed by atoms with Crippen LogP contribution in [-0.4, -0.2) is 54.0 Å². The number of hydrogen-bond acceptors (Lipinski definition) is 7. The van der Waals surface area contributed by atoms with Gasteiger partial charge in [-0.3, -0.25) is 24.7 Å². The van der Waals surface area contributed by atoms with Crippen LogP contribution in [0.1, 0.15) is 54.8 Å². The molecule has 3 aromatic rings. The lowest BCUT2D eigenvalue weighted by molar-refractivity contribution is -0.141. The van der Waals surface area contributed by atoms with Crippen molar-refractivity contribution in [1.82, 2.24) is 9.88 Å². The highest BCUT2D eigenvalue weighted by atomic mass is 35.5. The zero-order valence-corrected chi connectivity index (χ0v) is 25.9. The zero-order chi connectivity index (χ0) is 32.4. The van der Waals surface area contributed by atoms with E-state index in [2.05, 4.69) is 15.6 Å². The molecule has 10 nitrogen and oxygen atoms in total. The molecule has 4 heterocycles. The van der Waals surface area contributed by atoms with E-state index < -0.39 is 29.4 Å². The zero-order valence-electron chi connectivity index (χ0n) is 25.1. The van der Waals surface area contributed by atoms with Crippen molar-refractivity contribution in [1.29, 1.82) is 0 Å². The Labute approximate surface area is 269 Å². The number of rotatable bonds is 3. The number of carbonyl (C=O) groups is 4. The van der Waals surface area contributed by atoms with E-state index in [9.17, 15) is 19.2 Å². The van der Waals surface area contributed by atoms with Gasteiger partial charge in [-0.05, 0) is 67.1 Å². The largest absolute Gasteiger partial charge is 0.469 e. The molecule has 1 aromatic heterocycles. The van der Waals surface area contributed by atoms with Crippen LogP contribution in [0.25, 0.3) is 11.1 Å². The number of nitrogens with one attached hydrogen (secondary N) is 2. The molecule has 1 spiro atoms. The van der Waals surface area contributed by atoms with Crippen molar-refractivity contribution < 1.29 is 33.0 Å². The van der Waals surface area contributed by atoms with Gasteiger partial charge in [-0.15, -0.1) is 0 Å². The molecule has 0 radical (unpaired) electrons. The predicted molar refractivity (Wildman–Crippen MR) is 169 cm³/mol. The third kappa shape index (κ3) is 6.19. The van der Waals surface area contributed by atoms with Crippen LogP contribution < -0.4 is 10.6 Å². The van der Waals surface area contributed by atoms with E-state index >= 15 is 4.39 Å². The SMILES string of the molecule is COC(=O)Cc1ccc2c(c1)NC(=O)CC/C=C\C[C@@H](C(=O)N1CCC[C@@]3(C1)OC(=O)Nc1ccc(Cl)c(F)c13)c1cc-2ccn1. The lowest BCUT2D eigenvalue weighted by atomic mass is 9.82. The maximum Gasteiger partial charge on any atom is 0.412 e. The highest BCUT2D eigenvalue weighted by Crippen LogP contribution is 2.46. The summed E-state index contributed by atoms with van der Waals surface area (Å²) in [4.78, 5) is 57.9. The van der Waals surface area contributed by atoms with E-state index in [1.807, 2.05) is 24.3 Å². The molecule has 1 fully saturated rings. The number of nitrogens with zero attached hydrogens (tertiary/aromatic N) is 2. The Morgan fingerprint density at radius 2 is 1.98 bits per heavy atom. The minimum atomic E-state index is -1.40. The second-order valence-corrected chi connectivity index (χ2v) is 12.0. The van der Waals surface area contributed by atoms with E-state index in [1.165, 1.54) is 19.2 Å². The van der Waals surface area contributed by atoms with Crippen LogP contribution in [0.3, 0.4) is 0 Å². The topological polar surface area (TPSA) is 127 Å². The lowest BCUT2D eigenvalue weighted by Crippen LogP contribution is -2.54. The van der Waals surface area contributed by atoms with Crippen LogP contribution in [0.4, 0.5) is 20.6 Å². The Balaban J connectivity index is 1.36. The molecule has 0 aliphatic carbocycles.